The number of nitrogens with zero attached hydrogens (tertiary/aromatic N) is 1. The number of aromatic amines is 1. The Morgan fingerprint density at radius 2 is 1.88 bits per heavy atom. The quantitative estimate of drug-likeness (QED) is 0.824. The third kappa shape index (κ3) is 3.19. The van der Waals surface area contributed by atoms with E-state index in [1.165, 1.54) is 24.3 Å². The average Bonchev–Trinajstić information content (AvgIpc) is 3.01. The molecule has 2 aromatic rings. The number of hydrogen-bond acceptors (Lipinski definition) is 4. The molecule has 0 spiro atoms. The zero-order valence-corrected chi connectivity index (χ0v) is 13.8. The predicted octanol–water partition coefficient (Wildman–Crippen LogP) is 1.41. The standard InChI is InChI=1S/C15H13F3N2O5S/c16-15(17,18)11-7-20(6-10(11)14(22)23)26(24,25)9-2-3-12-8(5-9)1-4-13(21)19-12/h1-5,10-11H,6-7H2,(H,19,21)(H,22,23)/t10-,11-/m1/s1. The molecular weight excluding hydrogens is 377 g/mol. The van der Waals surface area contributed by atoms with Gasteiger partial charge in [-0.15, -0.1) is 0 Å². The minimum atomic E-state index is -4.82. The molecule has 7 nitrogen and oxygen atoms in total. The number of carboxylic acid groups (broad SMARTS) is 1. The molecule has 26 heavy (non-hydrogen) atoms. The van der Waals surface area contributed by atoms with E-state index in [2.05, 4.69) is 4.98 Å². The summed E-state index contributed by atoms with van der Waals surface area (Å²) in [7, 11) is -4.32. The molecule has 2 heterocycles. The van der Waals surface area contributed by atoms with Crippen LogP contribution in [0.25, 0.3) is 10.9 Å². The van der Waals surface area contributed by atoms with Crippen LogP contribution in [0.2, 0.25) is 0 Å². The second-order valence-corrected chi connectivity index (χ2v) is 7.92. The number of aromatic nitrogens is 1. The van der Waals surface area contributed by atoms with Gasteiger partial charge in [0.15, 0.2) is 0 Å². The van der Waals surface area contributed by atoms with Crippen molar-refractivity contribution in [2.75, 3.05) is 13.1 Å². The summed E-state index contributed by atoms with van der Waals surface area (Å²) in [5, 5.41) is 9.39. The number of nitrogens with one attached hydrogen (secondary N) is 1. The van der Waals surface area contributed by atoms with Crippen LogP contribution in [-0.4, -0.2) is 48.0 Å². The van der Waals surface area contributed by atoms with Crippen LogP contribution in [0, 0.1) is 11.8 Å². The number of carbonyl (C=O) groups is 1. The second-order valence-electron chi connectivity index (χ2n) is 5.99. The van der Waals surface area contributed by atoms with Gasteiger partial charge < -0.3 is 10.1 Å². The molecule has 0 aliphatic carbocycles. The highest BCUT2D eigenvalue weighted by Gasteiger charge is 2.54. The summed E-state index contributed by atoms with van der Waals surface area (Å²) in [6, 6.07) is 6.28. The largest absolute Gasteiger partial charge is 0.481 e. The number of pyridine rings is 1. The number of hydrogen-bond donors (Lipinski definition) is 2. The summed E-state index contributed by atoms with van der Waals surface area (Å²) in [6.07, 6.45) is -4.82. The maximum atomic E-state index is 13.1. The maximum absolute atomic E-state index is 13.1. The monoisotopic (exact) mass is 390 g/mol. The van der Waals surface area contributed by atoms with Crippen LogP contribution in [0.15, 0.2) is 40.0 Å². The van der Waals surface area contributed by atoms with Gasteiger partial charge in [0.25, 0.3) is 0 Å². The average molecular weight is 390 g/mol. The molecular formula is C15H13F3N2O5S. The van der Waals surface area contributed by atoms with Crippen LogP contribution in [0.3, 0.4) is 0 Å². The Morgan fingerprint density at radius 3 is 2.46 bits per heavy atom. The first-order valence-corrected chi connectivity index (χ1v) is 8.87. The highest BCUT2D eigenvalue weighted by Crippen LogP contribution is 2.39. The van der Waals surface area contributed by atoms with Crippen molar-refractivity contribution in [2.24, 2.45) is 11.8 Å². The van der Waals surface area contributed by atoms with E-state index in [0.717, 1.165) is 6.07 Å². The van der Waals surface area contributed by atoms with E-state index in [-0.39, 0.29) is 10.5 Å². The van der Waals surface area contributed by atoms with E-state index < -0.39 is 47.1 Å². The van der Waals surface area contributed by atoms with E-state index in [0.29, 0.717) is 15.2 Å². The normalized spacial score (nSPS) is 22.0. The summed E-state index contributed by atoms with van der Waals surface area (Å²) in [5.74, 6) is -5.82. The molecule has 1 saturated heterocycles. The first-order valence-electron chi connectivity index (χ1n) is 7.43. The fourth-order valence-electron chi connectivity index (χ4n) is 2.99. The van der Waals surface area contributed by atoms with Crippen molar-refractivity contribution in [2.45, 2.75) is 11.1 Å². The van der Waals surface area contributed by atoms with Crippen LogP contribution < -0.4 is 5.56 Å². The summed E-state index contributed by atoms with van der Waals surface area (Å²) >= 11 is 0. The minimum absolute atomic E-state index is 0.274. The number of benzene rings is 1. The van der Waals surface area contributed by atoms with Crippen molar-refractivity contribution >= 4 is 26.9 Å². The lowest BCUT2D eigenvalue weighted by atomic mass is 9.96. The van der Waals surface area contributed by atoms with E-state index in [9.17, 15) is 31.2 Å². The van der Waals surface area contributed by atoms with E-state index in [1.807, 2.05) is 0 Å². The fourth-order valence-corrected chi connectivity index (χ4v) is 4.52. The molecule has 1 aromatic heterocycles. The number of fused-ring (bicyclic) bond motifs is 1. The molecule has 1 aromatic carbocycles. The first-order chi connectivity index (χ1) is 12.0. The summed E-state index contributed by atoms with van der Waals surface area (Å²) in [5.41, 5.74) is -0.0144. The highest BCUT2D eigenvalue weighted by atomic mass is 32.2. The van der Waals surface area contributed by atoms with E-state index >= 15 is 0 Å². The van der Waals surface area contributed by atoms with Gasteiger partial charge in [0.05, 0.1) is 16.7 Å². The van der Waals surface area contributed by atoms with Crippen molar-refractivity contribution < 1.29 is 31.5 Å². The van der Waals surface area contributed by atoms with Crippen molar-refractivity contribution in [1.29, 1.82) is 0 Å². The summed E-state index contributed by atoms with van der Waals surface area (Å²) in [4.78, 5) is 24.6. The molecule has 0 radical (unpaired) electrons. The van der Waals surface area contributed by atoms with Gasteiger partial charge in [0.2, 0.25) is 15.6 Å². The molecule has 2 atom stereocenters. The Kier molecular flexibility index (Phi) is 4.31. The second kappa shape index (κ2) is 6.09. The predicted molar refractivity (Wildman–Crippen MR) is 84.0 cm³/mol. The van der Waals surface area contributed by atoms with Gasteiger partial charge in [-0.3, -0.25) is 9.59 Å². The summed E-state index contributed by atoms with van der Waals surface area (Å²) < 4.78 is 65.1. The number of sulfonamides is 1. The molecule has 11 heteroatoms. The van der Waals surface area contributed by atoms with Gasteiger partial charge in [0, 0.05) is 24.7 Å². The molecule has 140 valence electrons. The van der Waals surface area contributed by atoms with Crippen molar-refractivity contribution in [3.8, 4) is 0 Å². The van der Waals surface area contributed by atoms with Gasteiger partial charge >= 0.3 is 12.1 Å². The molecule has 0 saturated carbocycles. The van der Waals surface area contributed by atoms with Crippen LogP contribution in [0.4, 0.5) is 13.2 Å². The number of alkyl halides is 3. The minimum Gasteiger partial charge on any atom is -0.481 e. The van der Waals surface area contributed by atoms with Gasteiger partial charge in [-0.05, 0) is 29.7 Å². The molecule has 3 rings (SSSR count). The van der Waals surface area contributed by atoms with Gasteiger partial charge in [-0.25, -0.2) is 8.42 Å². The Hall–Kier alpha value is -2.40. The zero-order valence-electron chi connectivity index (χ0n) is 13.0. The smallest absolute Gasteiger partial charge is 0.393 e. The first kappa shape index (κ1) is 18.4. The fraction of sp³-hybridized carbons (Fsp3) is 0.333. The topological polar surface area (TPSA) is 108 Å². The van der Waals surface area contributed by atoms with Crippen molar-refractivity contribution in [3.63, 3.8) is 0 Å². The van der Waals surface area contributed by atoms with Crippen LogP contribution in [0.5, 0.6) is 0 Å². The van der Waals surface area contributed by atoms with Crippen LogP contribution in [0.1, 0.15) is 0 Å². The lowest BCUT2D eigenvalue weighted by Gasteiger charge is -2.18. The molecule has 1 fully saturated rings. The van der Waals surface area contributed by atoms with Crippen molar-refractivity contribution in [3.05, 3.63) is 40.7 Å². The van der Waals surface area contributed by atoms with E-state index in [1.54, 1.807) is 0 Å². The summed E-state index contributed by atoms with van der Waals surface area (Å²) in [6.45, 7) is -1.71. The molecule has 2 N–H and O–H groups in total. The van der Waals surface area contributed by atoms with E-state index in [4.69, 9.17) is 5.11 Å². The van der Waals surface area contributed by atoms with Gasteiger partial charge in [-0.2, -0.15) is 17.5 Å². The van der Waals surface area contributed by atoms with Crippen molar-refractivity contribution in [1.82, 2.24) is 9.29 Å². The molecule has 1 aliphatic rings. The molecule has 0 bridgehead atoms. The number of carboxylic acids is 1. The third-order valence-electron chi connectivity index (χ3n) is 4.36. The zero-order chi connectivity index (χ0) is 19.3. The number of aliphatic carboxylic acids is 1. The number of H-pyrrole nitrogens is 1. The maximum Gasteiger partial charge on any atom is 0.393 e. The Labute approximate surface area is 145 Å². The van der Waals surface area contributed by atoms with Crippen LogP contribution in [-0.2, 0) is 14.8 Å². The lowest BCUT2D eigenvalue weighted by Crippen LogP contribution is -2.34. The molecule has 1 aliphatic heterocycles. The number of rotatable bonds is 3. The Balaban J connectivity index is 1.99. The van der Waals surface area contributed by atoms with Gasteiger partial charge in [0.1, 0.15) is 0 Å². The SMILES string of the molecule is O=C(O)[C@@H]1CN(S(=O)(=O)c2ccc3[nH]c(=O)ccc3c2)C[C@H]1C(F)(F)F. The van der Waals surface area contributed by atoms with Crippen LogP contribution >= 0.6 is 0 Å². The number of halogens is 3. The molecule has 0 unspecified atom stereocenters. The molecule has 0 amide bonds. The Morgan fingerprint density at radius 1 is 1.19 bits per heavy atom. The van der Waals surface area contributed by atoms with Gasteiger partial charge in [-0.1, -0.05) is 0 Å². The Bertz CT molecular complexity index is 1030. The lowest BCUT2D eigenvalue weighted by molar-refractivity contribution is -0.187. The third-order valence-corrected chi connectivity index (χ3v) is 6.18. The highest BCUT2D eigenvalue weighted by molar-refractivity contribution is 7.89.